The molecule has 0 aromatic carbocycles. The van der Waals surface area contributed by atoms with E-state index in [1.165, 1.54) is 5.56 Å². The summed E-state index contributed by atoms with van der Waals surface area (Å²) in [5.41, 5.74) is 1.22. The fraction of sp³-hybridized carbons (Fsp3) is 0.812. The van der Waals surface area contributed by atoms with Crippen molar-refractivity contribution in [1.82, 2.24) is 14.7 Å². The van der Waals surface area contributed by atoms with Crippen LogP contribution in [0.15, 0.2) is 12.4 Å². The molecule has 0 spiro atoms. The van der Waals surface area contributed by atoms with Gasteiger partial charge in [0.05, 0.1) is 38.7 Å². The molecule has 1 aromatic heterocycles. The fourth-order valence-electron chi connectivity index (χ4n) is 3.70. The zero-order chi connectivity index (χ0) is 15.4. The van der Waals surface area contributed by atoms with Crippen LogP contribution in [-0.4, -0.2) is 65.4 Å². The van der Waals surface area contributed by atoms with Gasteiger partial charge in [0.2, 0.25) is 0 Å². The molecule has 3 rings (SSSR count). The Balaban J connectivity index is 1.62. The van der Waals surface area contributed by atoms with Crippen LogP contribution in [0.1, 0.15) is 24.8 Å². The van der Waals surface area contributed by atoms with Gasteiger partial charge < -0.3 is 14.6 Å². The van der Waals surface area contributed by atoms with E-state index in [0.29, 0.717) is 18.6 Å². The summed E-state index contributed by atoms with van der Waals surface area (Å²) in [5.74, 6) is 0.351. The molecule has 3 atom stereocenters. The topological polar surface area (TPSA) is 59.8 Å². The third kappa shape index (κ3) is 3.68. The van der Waals surface area contributed by atoms with E-state index in [9.17, 15) is 5.11 Å². The highest BCUT2D eigenvalue weighted by Gasteiger charge is 2.37. The Labute approximate surface area is 132 Å². The molecule has 1 N–H and O–H groups in total. The summed E-state index contributed by atoms with van der Waals surface area (Å²) >= 11 is 0. The quantitative estimate of drug-likeness (QED) is 0.846. The first kappa shape index (κ1) is 15.9. The molecule has 1 aliphatic heterocycles. The average Bonchev–Trinajstić information content (AvgIpc) is 3.15. The van der Waals surface area contributed by atoms with Gasteiger partial charge in [0.1, 0.15) is 0 Å². The van der Waals surface area contributed by atoms with E-state index in [4.69, 9.17) is 9.47 Å². The molecule has 2 heterocycles. The lowest BCUT2D eigenvalue weighted by atomic mass is 9.94. The van der Waals surface area contributed by atoms with Gasteiger partial charge in [0, 0.05) is 43.9 Å². The van der Waals surface area contributed by atoms with Gasteiger partial charge in [-0.25, -0.2) is 0 Å². The average molecular weight is 309 g/mol. The number of hydrogen-bond donors (Lipinski definition) is 1. The highest BCUT2D eigenvalue weighted by molar-refractivity contribution is 5.05. The summed E-state index contributed by atoms with van der Waals surface area (Å²) in [4.78, 5) is 2.46. The number of rotatable bonds is 6. The molecule has 2 fully saturated rings. The molecule has 0 bridgehead atoms. The Hall–Kier alpha value is -0.950. The molecule has 0 radical (unpaired) electrons. The van der Waals surface area contributed by atoms with E-state index in [-0.39, 0.29) is 6.10 Å². The Bertz CT molecular complexity index is 465. The van der Waals surface area contributed by atoms with Crippen LogP contribution in [0.2, 0.25) is 0 Å². The van der Waals surface area contributed by atoms with Gasteiger partial charge in [0.15, 0.2) is 0 Å². The zero-order valence-electron chi connectivity index (χ0n) is 13.4. The SMILES string of the molecule is COCCn1cc(CN2CCOC[C@@H]2[C@H]2CCC[C@H]2O)cn1. The van der Waals surface area contributed by atoms with Gasteiger partial charge in [-0.1, -0.05) is 6.42 Å². The second-order valence-electron chi connectivity index (χ2n) is 6.38. The number of ether oxygens (including phenoxy) is 2. The Morgan fingerprint density at radius 1 is 1.45 bits per heavy atom. The molecule has 0 amide bonds. The molecule has 0 unspecified atom stereocenters. The van der Waals surface area contributed by atoms with E-state index in [2.05, 4.69) is 16.2 Å². The van der Waals surface area contributed by atoms with Crippen molar-refractivity contribution in [3.63, 3.8) is 0 Å². The van der Waals surface area contributed by atoms with E-state index in [1.54, 1.807) is 7.11 Å². The van der Waals surface area contributed by atoms with Gasteiger partial charge in [-0.2, -0.15) is 5.10 Å². The first-order valence-corrected chi connectivity index (χ1v) is 8.28. The van der Waals surface area contributed by atoms with Crippen molar-refractivity contribution >= 4 is 0 Å². The highest BCUT2D eigenvalue weighted by Crippen LogP contribution is 2.32. The number of hydrogen-bond acceptors (Lipinski definition) is 5. The summed E-state index contributed by atoms with van der Waals surface area (Å²) in [5, 5.41) is 14.6. The van der Waals surface area contributed by atoms with Crippen LogP contribution in [0.3, 0.4) is 0 Å². The normalized spacial score (nSPS) is 30.0. The predicted octanol–water partition coefficient (Wildman–Crippen LogP) is 0.891. The van der Waals surface area contributed by atoms with Gasteiger partial charge in [-0.05, 0) is 12.8 Å². The Morgan fingerprint density at radius 3 is 3.14 bits per heavy atom. The van der Waals surface area contributed by atoms with E-state index >= 15 is 0 Å². The molecule has 6 nitrogen and oxygen atoms in total. The predicted molar refractivity (Wildman–Crippen MR) is 82.5 cm³/mol. The number of aliphatic hydroxyl groups is 1. The van der Waals surface area contributed by atoms with Crippen LogP contribution in [0.25, 0.3) is 0 Å². The molecule has 1 saturated heterocycles. The first-order chi connectivity index (χ1) is 10.8. The molecule has 1 aliphatic carbocycles. The van der Waals surface area contributed by atoms with Crippen LogP contribution in [0.5, 0.6) is 0 Å². The highest BCUT2D eigenvalue weighted by atomic mass is 16.5. The summed E-state index contributed by atoms with van der Waals surface area (Å²) in [6.45, 7) is 4.78. The monoisotopic (exact) mass is 309 g/mol. The third-order valence-electron chi connectivity index (χ3n) is 4.90. The molecule has 2 aliphatic rings. The number of aliphatic hydroxyl groups excluding tert-OH is 1. The van der Waals surface area contributed by atoms with E-state index < -0.39 is 0 Å². The van der Waals surface area contributed by atoms with Gasteiger partial charge in [0.25, 0.3) is 0 Å². The lowest BCUT2D eigenvalue weighted by Gasteiger charge is -2.39. The van der Waals surface area contributed by atoms with Crippen LogP contribution in [0.4, 0.5) is 0 Å². The second-order valence-corrected chi connectivity index (χ2v) is 6.38. The molecule has 124 valence electrons. The van der Waals surface area contributed by atoms with E-state index in [1.807, 2.05) is 10.9 Å². The van der Waals surface area contributed by atoms with Crippen LogP contribution in [-0.2, 0) is 22.6 Å². The molecule has 22 heavy (non-hydrogen) atoms. The molecule has 1 saturated carbocycles. The summed E-state index contributed by atoms with van der Waals surface area (Å²) in [7, 11) is 1.70. The van der Waals surface area contributed by atoms with Crippen molar-refractivity contribution in [2.45, 2.75) is 44.5 Å². The lowest BCUT2D eigenvalue weighted by molar-refractivity contribution is -0.0536. The van der Waals surface area contributed by atoms with Crippen molar-refractivity contribution in [3.8, 4) is 0 Å². The summed E-state index contributed by atoms with van der Waals surface area (Å²) < 4.78 is 12.7. The van der Waals surface area contributed by atoms with Crippen molar-refractivity contribution in [2.24, 2.45) is 5.92 Å². The van der Waals surface area contributed by atoms with E-state index in [0.717, 1.165) is 52.1 Å². The van der Waals surface area contributed by atoms with Gasteiger partial charge in [-0.3, -0.25) is 9.58 Å². The Kier molecular flexibility index (Phi) is 5.46. The zero-order valence-corrected chi connectivity index (χ0v) is 13.4. The van der Waals surface area contributed by atoms with Crippen LogP contribution in [0, 0.1) is 5.92 Å². The number of aromatic nitrogens is 2. The maximum atomic E-state index is 10.2. The minimum atomic E-state index is -0.168. The first-order valence-electron chi connectivity index (χ1n) is 8.28. The standard InChI is InChI=1S/C16H27N3O3/c1-21-7-6-19-11-13(9-17-19)10-18-5-8-22-12-15(18)14-3-2-4-16(14)20/h9,11,14-16,20H,2-8,10,12H2,1H3/t14-,15-,16-/m1/s1. The molecule has 1 aromatic rings. The molecule has 6 heteroatoms. The van der Waals surface area contributed by atoms with Crippen LogP contribution >= 0.6 is 0 Å². The summed E-state index contributed by atoms with van der Waals surface area (Å²) in [6, 6.07) is 0.327. The fourth-order valence-corrected chi connectivity index (χ4v) is 3.70. The maximum Gasteiger partial charge on any atom is 0.0658 e. The second kappa shape index (κ2) is 7.55. The van der Waals surface area contributed by atoms with Crippen molar-refractivity contribution in [2.75, 3.05) is 33.5 Å². The minimum absolute atomic E-state index is 0.168. The van der Waals surface area contributed by atoms with Crippen LogP contribution < -0.4 is 0 Å². The smallest absolute Gasteiger partial charge is 0.0658 e. The maximum absolute atomic E-state index is 10.2. The van der Waals surface area contributed by atoms with Crippen molar-refractivity contribution in [3.05, 3.63) is 18.0 Å². The molecular weight excluding hydrogens is 282 g/mol. The number of nitrogens with zero attached hydrogens (tertiary/aromatic N) is 3. The van der Waals surface area contributed by atoms with Gasteiger partial charge >= 0.3 is 0 Å². The lowest BCUT2D eigenvalue weighted by Crippen LogP contribution is -2.50. The summed E-state index contributed by atoms with van der Waals surface area (Å²) in [6.07, 6.45) is 7.04. The van der Waals surface area contributed by atoms with Crippen molar-refractivity contribution in [1.29, 1.82) is 0 Å². The number of morpholine rings is 1. The van der Waals surface area contributed by atoms with Crippen molar-refractivity contribution < 1.29 is 14.6 Å². The van der Waals surface area contributed by atoms with Gasteiger partial charge in [-0.15, -0.1) is 0 Å². The number of methoxy groups -OCH3 is 1. The molecular formula is C16H27N3O3. The third-order valence-corrected chi connectivity index (χ3v) is 4.90. The Morgan fingerprint density at radius 2 is 2.36 bits per heavy atom. The minimum Gasteiger partial charge on any atom is -0.393 e. The largest absolute Gasteiger partial charge is 0.393 e.